The average molecular weight is 277 g/mol. The molecule has 4 nitrogen and oxygen atoms in total. The molecule has 1 aromatic carbocycles. The maximum Gasteiger partial charge on any atom is 0.319 e. The van der Waals surface area contributed by atoms with Crippen LogP contribution in [0.15, 0.2) is 42.7 Å². The summed E-state index contributed by atoms with van der Waals surface area (Å²) in [6, 6.07) is 5.99. The maximum absolute atomic E-state index is 13.0. The van der Waals surface area contributed by atoms with Crippen molar-refractivity contribution >= 4 is 11.7 Å². The molecule has 2 rings (SSSR count). The lowest BCUT2D eigenvalue weighted by Crippen LogP contribution is -2.31. The van der Waals surface area contributed by atoms with Gasteiger partial charge in [-0.15, -0.1) is 0 Å². The van der Waals surface area contributed by atoms with E-state index in [4.69, 9.17) is 0 Å². The highest BCUT2D eigenvalue weighted by atomic mass is 19.2. The number of pyridine rings is 1. The highest BCUT2D eigenvalue weighted by Crippen LogP contribution is 2.14. The number of urea groups is 1. The average Bonchev–Trinajstić information content (AvgIpc) is 2.44. The second kappa shape index (κ2) is 6.10. The Hall–Kier alpha value is -2.50. The van der Waals surface area contributed by atoms with Crippen LogP contribution in [0.3, 0.4) is 0 Å². The van der Waals surface area contributed by atoms with Crippen LogP contribution in [0.4, 0.5) is 19.3 Å². The Morgan fingerprint density at radius 2 is 1.85 bits per heavy atom. The molecule has 0 radical (unpaired) electrons. The number of carbonyl (C=O) groups excluding carboxylic acids is 1. The molecule has 0 spiro atoms. The first kappa shape index (κ1) is 13.9. The van der Waals surface area contributed by atoms with E-state index in [-0.39, 0.29) is 11.7 Å². The summed E-state index contributed by atoms with van der Waals surface area (Å²) >= 11 is 0. The van der Waals surface area contributed by atoms with Gasteiger partial charge in [0.25, 0.3) is 0 Å². The SMILES string of the molecule is CC(NC(=O)Nc1ccc(F)c(F)c1)c1ccncc1. The van der Waals surface area contributed by atoms with Crippen molar-refractivity contribution in [1.82, 2.24) is 10.3 Å². The number of halogens is 2. The van der Waals surface area contributed by atoms with Gasteiger partial charge in [0.15, 0.2) is 11.6 Å². The predicted molar refractivity (Wildman–Crippen MR) is 71.2 cm³/mol. The Morgan fingerprint density at radius 1 is 1.15 bits per heavy atom. The highest BCUT2D eigenvalue weighted by Gasteiger charge is 2.10. The maximum atomic E-state index is 13.0. The normalized spacial score (nSPS) is 11.8. The molecule has 1 aromatic heterocycles. The third-order valence-corrected chi connectivity index (χ3v) is 2.73. The zero-order valence-corrected chi connectivity index (χ0v) is 10.7. The van der Waals surface area contributed by atoms with Gasteiger partial charge in [-0.3, -0.25) is 4.98 Å². The molecule has 0 saturated heterocycles. The minimum atomic E-state index is -1.01. The van der Waals surface area contributed by atoms with Crippen molar-refractivity contribution in [1.29, 1.82) is 0 Å². The summed E-state index contributed by atoms with van der Waals surface area (Å²) in [5.41, 5.74) is 1.07. The fourth-order valence-corrected chi connectivity index (χ4v) is 1.67. The molecule has 6 heteroatoms. The molecule has 1 atom stereocenters. The van der Waals surface area contributed by atoms with Gasteiger partial charge in [0.1, 0.15) is 0 Å². The third-order valence-electron chi connectivity index (χ3n) is 2.73. The summed E-state index contributed by atoms with van der Waals surface area (Å²) < 4.78 is 25.8. The van der Waals surface area contributed by atoms with Gasteiger partial charge >= 0.3 is 6.03 Å². The molecule has 0 fully saturated rings. The molecular formula is C14H13F2N3O. The lowest BCUT2D eigenvalue weighted by Gasteiger charge is -2.14. The monoisotopic (exact) mass is 277 g/mol. The largest absolute Gasteiger partial charge is 0.331 e. The fourth-order valence-electron chi connectivity index (χ4n) is 1.67. The highest BCUT2D eigenvalue weighted by molar-refractivity contribution is 5.89. The fraction of sp³-hybridized carbons (Fsp3) is 0.143. The number of amides is 2. The summed E-state index contributed by atoms with van der Waals surface area (Å²) in [4.78, 5) is 15.6. The van der Waals surface area contributed by atoms with Crippen LogP contribution in [0.1, 0.15) is 18.5 Å². The van der Waals surface area contributed by atoms with Crippen LogP contribution in [-0.4, -0.2) is 11.0 Å². The zero-order valence-electron chi connectivity index (χ0n) is 10.7. The van der Waals surface area contributed by atoms with Gasteiger partial charge in [-0.05, 0) is 36.8 Å². The number of aromatic nitrogens is 1. The van der Waals surface area contributed by atoms with E-state index < -0.39 is 17.7 Å². The number of hydrogen-bond donors (Lipinski definition) is 2. The molecule has 1 heterocycles. The minimum absolute atomic E-state index is 0.184. The van der Waals surface area contributed by atoms with Gasteiger partial charge in [-0.2, -0.15) is 0 Å². The molecule has 1 unspecified atom stereocenters. The summed E-state index contributed by atoms with van der Waals surface area (Å²) in [7, 11) is 0. The van der Waals surface area contributed by atoms with E-state index in [1.807, 2.05) is 0 Å². The first-order valence-corrected chi connectivity index (χ1v) is 5.99. The van der Waals surface area contributed by atoms with E-state index >= 15 is 0 Å². The van der Waals surface area contributed by atoms with Crippen molar-refractivity contribution in [2.75, 3.05) is 5.32 Å². The first-order chi connectivity index (χ1) is 9.56. The molecule has 104 valence electrons. The van der Waals surface area contributed by atoms with Crippen molar-refractivity contribution in [3.63, 3.8) is 0 Å². The van der Waals surface area contributed by atoms with E-state index in [9.17, 15) is 13.6 Å². The van der Waals surface area contributed by atoms with Crippen molar-refractivity contribution in [3.8, 4) is 0 Å². The summed E-state index contributed by atoms with van der Waals surface area (Å²) in [5, 5.41) is 5.12. The van der Waals surface area contributed by atoms with Crippen LogP contribution >= 0.6 is 0 Å². The molecule has 2 N–H and O–H groups in total. The van der Waals surface area contributed by atoms with Crippen LogP contribution < -0.4 is 10.6 Å². The molecule has 2 aromatic rings. The lowest BCUT2D eigenvalue weighted by atomic mass is 10.1. The van der Waals surface area contributed by atoms with Crippen LogP contribution in [0.25, 0.3) is 0 Å². The van der Waals surface area contributed by atoms with Gasteiger partial charge in [0.2, 0.25) is 0 Å². The van der Waals surface area contributed by atoms with E-state index in [0.29, 0.717) is 0 Å². The topological polar surface area (TPSA) is 54.0 Å². The second-order valence-corrected chi connectivity index (χ2v) is 4.23. The number of rotatable bonds is 3. The van der Waals surface area contributed by atoms with E-state index in [1.54, 1.807) is 31.5 Å². The van der Waals surface area contributed by atoms with Gasteiger partial charge in [-0.25, -0.2) is 13.6 Å². The van der Waals surface area contributed by atoms with Crippen molar-refractivity contribution < 1.29 is 13.6 Å². The number of carbonyl (C=O) groups is 1. The summed E-state index contributed by atoms with van der Waals surface area (Å²) in [6.07, 6.45) is 3.25. The molecule has 0 saturated carbocycles. The van der Waals surface area contributed by atoms with Crippen LogP contribution in [0.5, 0.6) is 0 Å². The molecule has 20 heavy (non-hydrogen) atoms. The van der Waals surface area contributed by atoms with Gasteiger partial charge < -0.3 is 10.6 Å². The van der Waals surface area contributed by atoms with E-state index in [1.165, 1.54) is 6.07 Å². The standard InChI is InChI=1S/C14H13F2N3O/c1-9(10-4-6-17-7-5-10)18-14(20)19-11-2-3-12(15)13(16)8-11/h2-9H,1H3,(H2,18,19,20). The van der Waals surface area contributed by atoms with E-state index in [0.717, 1.165) is 17.7 Å². The van der Waals surface area contributed by atoms with E-state index in [2.05, 4.69) is 15.6 Å². The quantitative estimate of drug-likeness (QED) is 0.904. The lowest BCUT2D eigenvalue weighted by molar-refractivity contribution is 0.249. The number of nitrogens with one attached hydrogen (secondary N) is 2. The summed E-state index contributed by atoms with van der Waals surface area (Å²) in [5.74, 6) is -1.97. The number of benzene rings is 1. The Labute approximate surface area is 114 Å². The Bertz CT molecular complexity index is 605. The molecular weight excluding hydrogens is 264 g/mol. The van der Waals surface area contributed by atoms with Crippen molar-refractivity contribution in [2.45, 2.75) is 13.0 Å². The third kappa shape index (κ3) is 3.50. The number of anilines is 1. The van der Waals surface area contributed by atoms with Gasteiger partial charge in [0.05, 0.1) is 6.04 Å². The molecule has 2 amide bonds. The van der Waals surface area contributed by atoms with Crippen LogP contribution in [-0.2, 0) is 0 Å². The number of nitrogens with zero attached hydrogens (tertiary/aromatic N) is 1. The predicted octanol–water partition coefficient (Wildman–Crippen LogP) is 3.24. The van der Waals surface area contributed by atoms with Gasteiger partial charge in [-0.1, -0.05) is 0 Å². The second-order valence-electron chi connectivity index (χ2n) is 4.23. The summed E-state index contributed by atoms with van der Waals surface area (Å²) in [6.45, 7) is 1.81. The van der Waals surface area contributed by atoms with Crippen molar-refractivity contribution in [3.05, 3.63) is 59.9 Å². The molecule has 0 bridgehead atoms. The smallest absolute Gasteiger partial charge is 0.319 e. The van der Waals surface area contributed by atoms with Crippen LogP contribution in [0.2, 0.25) is 0 Å². The van der Waals surface area contributed by atoms with Crippen molar-refractivity contribution in [2.24, 2.45) is 0 Å². The molecule has 0 aliphatic carbocycles. The molecule has 0 aliphatic heterocycles. The minimum Gasteiger partial charge on any atom is -0.331 e. The Morgan fingerprint density at radius 3 is 2.50 bits per heavy atom. The Balaban J connectivity index is 1.97. The van der Waals surface area contributed by atoms with Crippen LogP contribution in [0, 0.1) is 11.6 Å². The Kier molecular flexibility index (Phi) is 4.24. The van der Waals surface area contributed by atoms with Gasteiger partial charge in [0, 0.05) is 24.1 Å². The first-order valence-electron chi connectivity index (χ1n) is 5.99. The molecule has 0 aliphatic rings. The zero-order chi connectivity index (χ0) is 14.5. The number of hydrogen-bond acceptors (Lipinski definition) is 2.